The summed E-state index contributed by atoms with van der Waals surface area (Å²) in [6.07, 6.45) is 1.29. The van der Waals surface area contributed by atoms with Gasteiger partial charge >= 0.3 is 6.01 Å². The molecular formula is C16H22N4O6S2. The van der Waals surface area contributed by atoms with E-state index in [0.717, 1.165) is 6.42 Å². The van der Waals surface area contributed by atoms with Crippen LogP contribution in [0.5, 0.6) is 11.9 Å². The molecule has 1 aromatic carbocycles. The first-order valence-electron chi connectivity index (χ1n) is 8.29. The van der Waals surface area contributed by atoms with Gasteiger partial charge in [-0.2, -0.15) is 9.97 Å². The van der Waals surface area contributed by atoms with E-state index < -0.39 is 20.0 Å². The summed E-state index contributed by atoms with van der Waals surface area (Å²) in [5.41, 5.74) is 0.278. The van der Waals surface area contributed by atoms with E-state index in [9.17, 15) is 16.8 Å². The fourth-order valence-corrected chi connectivity index (χ4v) is 4.37. The number of anilines is 2. The third-order valence-corrected chi connectivity index (χ3v) is 6.26. The lowest BCUT2D eigenvalue weighted by atomic mass is 10.3. The van der Waals surface area contributed by atoms with Gasteiger partial charge in [-0.05, 0) is 30.7 Å². The van der Waals surface area contributed by atoms with Gasteiger partial charge in [-0.1, -0.05) is 13.3 Å². The number of nitrogens with zero attached hydrogens (tertiary/aromatic N) is 2. The summed E-state index contributed by atoms with van der Waals surface area (Å²) in [7, 11) is -4.72. The average molecular weight is 431 g/mol. The largest absolute Gasteiger partial charge is 0.481 e. The van der Waals surface area contributed by atoms with Gasteiger partial charge in [0.15, 0.2) is 5.82 Å². The SMILES string of the molecule is CCCCS(=O)(=O)Nc1ccc(S(=O)(=O)Nc2cc(OC)nc(OC)n2)cc1. The Morgan fingerprint density at radius 3 is 2.21 bits per heavy atom. The lowest BCUT2D eigenvalue weighted by Gasteiger charge is -2.11. The fraction of sp³-hybridized carbons (Fsp3) is 0.375. The van der Waals surface area contributed by atoms with Crippen molar-refractivity contribution in [2.24, 2.45) is 0 Å². The van der Waals surface area contributed by atoms with Crippen molar-refractivity contribution in [3.05, 3.63) is 30.3 Å². The van der Waals surface area contributed by atoms with Crippen LogP contribution in [0.25, 0.3) is 0 Å². The van der Waals surface area contributed by atoms with Crippen LogP contribution < -0.4 is 18.9 Å². The van der Waals surface area contributed by atoms with Gasteiger partial charge in [0, 0.05) is 11.8 Å². The Labute approximate surface area is 164 Å². The third-order valence-electron chi connectivity index (χ3n) is 3.52. The lowest BCUT2D eigenvalue weighted by Crippen LogP contribution is -2.17. The Hall–Kier alpha value is -2.60. The lowest BCUT2D eigenvalue weighted by molar-refractivity contribution is 0.353. The summed E-state index contributed by atoms with van der Waals surface area (Å²) in [6, 6.07) is 6.56. The highest BCUT2D eigenvalue weighted by molar-refractivity contribution is 7.93. The predicted octanol–water partition coefficient (Wildman–Crippen LogP) is 1.84. The Balaban J connectivity index is 2.18. The number of nitrogens with one attached hydrogen (secondary N) is 2. The Morgan fingerprint density at radius 2 is 1.64 bits per heavy atom. The number of aromatic nitrogens is 2. The van der Waals surface area contributed by atoms with Crippen molar-refractivity contribution in [1.82, 2.24) is 9.97 Å². The van der Waals surface area contributed by atoms with E-state index in [1.54, 1.807) is 0 Å². The molecule has 10 nitrogen and oxygen atoms in total. The van der Waals surface area contributed by atoms with Crippen LogP contribution in [-0.4, -0.2) is 46.8 Å². The molecule has 0 aliphatic rings. The van der Waals surface area contributed by atoms with Gasteiger partial charge in [-0.3, -0.25) is 9.44 Å². The zero-order valence-electron chi connectivity index (χ0n) is 15.7. The summed E-state index contributed by atoms with van der Waals surface area (Å²) in [6.45, 7) is 1.89. The Bertz CT molecular complexity index is 986. The second-order valence-corrected chi connectivity index (χ2v) is 9.21. The van der Waals surface area contributed by atoms with E-state index >= 15 is 0 Å². The van der Waals surface area contributed by atoms with Crippen LogP contribution in [0.4, 0.5) is 11.5 Å². The fourth-order valence-electron chi connectivity index (χ4n) is 2.12. The maximum Gasteiger partial charge on any atom is 0.321 e. The molecule has 2 N–H and O–H groups in total. The Morgan fingerprint density at radius 1 is 0.964 bits per heavy atom. The molecule has 0 saturated heterocycles. The van der Waals surface area contributed by atoms with Crippen LogP contribution in [0, 0.1) is 0 Å². The molecule has 1 aromatic heterocycles. The molecular weight excluding hydrogens is 408 g/mol. The van der Waals surface area contributed by atoms with Gasteiger partial charge in [0.2, 0.25) is 15.9 Å². The van der Waals surface area contributed by atoms with Crippen LogP contribution in [0.15, 0.2) is 35.2 Å². The zero-order valence-corrected chi connectivity index (χ0v) is 17.3. The molecule has 154 valence electrons. The first-order valence-corrected chi connectivity index (χ1v) is 11.4. The summed E-state index contributed by atoms with van der Waals surface area (Å²) < 4.78 is 63.5. The molecule has 0 radical (unpaired) electrons. The smallest absolute Gasteiger partial charge is 0.321 e. The second kappa shape index (κ2) is 9.06. The highest BCUT2D eigenvalue weighted by atomic mass is 32.2. The van der Waals surface area contributed by atoms with Crippen molar-refractivity contribution < 1.29 is 26.3 Å². The number of hydrogen-bond donors (Lipinski definition) is 2. The summed E-state index contributed by atoms with van der Waals surface area (Å²) in [4.78, 5) is 7.73. The molecule has 0 fully saturated rings. The zero-order chi connectivity index (χ0) is 20.8. The normalized spacial score (nSPS) is 11.7. The molecule has 0 spiro atoms. The van der Waals surface area contributed by atoms with Crippen molar-refractivity contribution in [3.8, 4) is 11.9 Å². The molecule has 0 saturated carbocycles. The highest BCUT2D eigenvalue weighted by Crippen LogP contribution is 2.21. The van der Waals surface area contributed by atoms with Crippen molar-refractivity contribution in [2.75, 3.05) is 29.4 Å². The van der Waals surface area contributed by atoms with Crippen molar-refractivity contribution in [3.63, 3.8) is 0 Å². The minimum absolute atomic E-state index is 0.00246. The maximum atomic E-state index is 12.5. The van der Waals surface area contributed by atoms with E-state index in [4.69, 9.17) is 9.47 Å². The minimum atomic E-state index is -3.97. The third kappa shape index (κ3) is 5.96. The van der Waals surface area contributed by atoms with Crippen LogP contribution in [0.3, 0.4) is 0 Å². The van der Waals surface area contributed by atoms with Gasteiger partial charge in [0.25, 0.3) is 10.0 Å². The second-order valence-electron chi connectivity index (χ2n) is 5.69. The number of sulfonamides is 2. The molecule has 12 heteroatoms. The Kier molecular flexibility index (Phi) is 7.02. The van der Waals surface area contributed by atoms with Gasteiger partial charge in [0.1, 0.15) is 0 Å². The predicted molar refractivity (Wildman–Crippen MR) is 105 cm³/mol. The molecule has 2 rings (SSSR count). The molecule has 0 aliphatic carbocycles. The first kappa shape index (κ1) is 21.7. The van der Waals surface area contributed by atoms with E-state index in [1.165, 1.54) is 44.6 Å². The highest BCUT2D eigenvalue weighted by Gasteiger charge is 2.17. The number of unbranched alkanes of at least 4 members (excludes halogenated alkanes) is 1. The molecule has 0 aliphatic heterocycles. The summed E-state index contributed by atoms with van der Waals surface area (Å²) in [5, 5.41) is 0. The van der Waals surface area contributed by atoms with Gasteiger partial charge in [-0.15, -0.1) is 0 Å². The molecule has 0 unspecified atom stereocenters. The molecule has 1 heterocycles. The van der Waals surface area contributed by atoms with Gasteiger partial charge in [-0.25, -0.2) is 16.8 Å². The number of ether oxygens (including phenoxy) is 2. The van der Waals surface area contributed by atoms with E-state index in [0.29, 0.717) is 6.42 Å². The number of hydrogen-bond acceptors (Lipinski definition) is 8. The molecule has 2 aromatic rings. The quantitative estimate of drug-likeness (QED) is 0.582. The van der Waals surface area contributed by atoms with Crippen LogP contribution in [0.1, 0.15) is 19.8 Å². The molecule has 0 amide bonds. The summed E-state index contributed by atoms with van der Waals surface area (Å²) in [5.74, 6) is 0.0945. The minimum Gasteiger partial charge on any atom is -0.481 e. The number of rotatable bonds is 10. The number of benzene rings is 1. The first-order chi connectivity index (χ1) is 13.2. The van der Waals surface area contributed by atoms with E-state index in [1.807, 2.05) is 6.92 Å². The monoisotopic (exact) mass is 430 g/mol. The van der Waals surface area contributed by atoms with Crippen LogP contribution in [-0.2, 0) is 20.0 Å². The van der Waals surface area contributed by atoms with E-state index in [-0.39, 0.29) is 34.0 Å². The van der Waals surface area contributed by atoms with Crippen LogP contribution >= 0.6 is 0 Å². The average Bonchev–Trinajstić information content (AvgIpc) is 2.65. The number of methoxy groups -OCH3 is 2. The maximum absolute atomic E-state index is 12.5. The standard InChI is InChI=1S/C16H22N4O6S2/c1-4-5-10-27(21,22)19-12-6-8-13(9-7-12)28(23,24)20-14-11-15(25-2)18-16(17-14)26-3/h6-9,11,19H,4-5,10H2,1-3H3,(H,17,18,20). The van der Waals surface area contributed by atoms with Gasteiger partial charge in [0.05, 0.1) is 24.9 Å². The van der Waals surface area contributed by atoms with Crippen molar-refractivity contribution in [2.45, 2.75) is 24.7 Å². The van der Waals surface area contributed by atoms with Crippen LogP contribution in [0.2, 0.25) is 0 Å². The molecule has 28 heavy (non-hydrogen) atoms. The van der Waals surface area contributed by atoms with Crippen molar-refractivity contribution >= 4 is 31.6 Å². The summed E-state index contributed by atoms with van der Waals surface area (Å²) >= 11 is 0. The molecule has 0 atom stereocenters. The van der Waals surface area contributed by atoms with Crippen molar-refractivity contribution in [1.29, 1.82) is 0 Å². The molecule has 0 bridgehead atoms. The van der Waals surface area contributed by atoms with E-state index in [2.05, 4.69) is 19.4 Å². The topological polar surface area (TPSA) is 137 Å². The van der Waals surface area contributed by atoms with Gasteiger partial charge < -0.3 is 9.47 Å².